The summed E-state index contributed by atoms with van der Waals surface area (Å²) in [4.78, 5) is 11.8. The van der Waals surface area contributed by atoms with Crippen LogP contribution in [0, 0.1) is 6.92 Å². The first-order valence-corrected chi connectivity index (χ1v) is 6.32. The van der Waals surface area contributed by atoms with Gasteiger partial charge in [-0.05, 0) is 49.2 Å². The first-order valence-electron chi connectivity index (χ1n) is 6.32. The van der Waals surface area contributed by atoms with Crippen LogP contribution in [0.3, 0.4) is 0 Å². The summed E-state index contributed by atoms with van der Waals surface area (Å²) in [6, 6.07) is 11.5. The minimum absolute atomic E-state index is 0.165. The van der Waals surface area contributed by atoms with E-state index < -0.39 is 0 Å². The Morgan fingerprint density at radius 1 is 1.32 bits per heavy atom. The Balaban J connectivity index is 1.99. The molecule has 0 fully saturated rings. The summed E-state index contributed by atoms with van der Waals surface area (Å²) < 4.78 is 5.35. The van der Waals surface area contributed by atoms with Gasteiger partial charge in [-0.2, -0.15) is 0 Å². The number of furan rings is 1. The van der Waals surface area contributed by atoms with Crippen LogP contribution in [-0.2, 0) is 11.2 Å². The van der Waals surface area contributed by atoms with E-state index >= 15 is 0 Å². The van der Waals surface area contributed by atoms with Gasteiger partial charge in [0.05, 0.1) is 0 Å². The average Bonchev–Trinajstić information content (AvgIpc) is 2.82. The lowest BCUT2D eigenvalue weighted by atomic mass is 10.1. The lowest BCUT2D eigenvalue weighted by molar-refractivity contribution is -0.111. The van der Waals surface area contributed by atoms with Crippen molar-refractivity contribution in [3.8, 4) is 0 Å². The second-order valence-corrected chi connectivity index (χ2v) is 4.32. The molecule has 0 aliphatic heterocycles. The molecule has 2 aromatic rings. The van der Waals surface area contributed by atoms with Gasteiger partial charge in [0.25, 0.3) is 0 Å². The second kappa shape index (κ2) is 6.05. The molecule has 1 amide bonds. The van der Waals surface area contributed by atoms with Crippen molar-refractivity contribution in [1.82, 2.24) is 0 Å². The number of nitrogens with one attached hydrogen (secondary N) is 1. The van der Waals surface area contributed by atoms with Gasteiger partial charge in [0, 0.05) is 11.8 Å². The largest absolute Gasteiger partial charge is 0.462 e. The van der Waals surface area contributed by atoms with E-state index in [1.165, 1.54) is 11.6 Å². The van der Waals surface area contributed by atoms with Crippen molar-refractivity contribution >= 4 is 17.7 Å². The molecule has 0 aliphatic rings. The number of hydrogen-bond acceptors (Lipinski definition) is 2. The first kappa shape index (κ1) is 13.1. The van der Waals surface area contributed by atoms with Crippen LogP contribution < -0.4 is 5.32 Å². The Labute approximate surface area is 112 Å². The first-order chi connectivity index (χ1) is 9.17. The molecule has 1 aromatic carbocycles. The number of benzene rings is 1. The molecule has 0 radical (unpaired) electrons. The van der Waals surface area contributed by atoms with Crippen molar-refractivity contribution in [2.24, 2.45) is 0 Å². The van der Waals surface area contributed by atoms with Crippen LogP contribution in [0.1, 0.15) is 24.0 Å². The number of carbonyl (C=O) groups excluding carboxylic acids is 1. The maximum absolute atomic E-state index is 11.8. The summed E-state index contributed by atoms with van der Waals surface area (Å²) >= 11 is 0. The summed E-state index contributed by atoms with van der Waals surface area (Å²) in [5, 5.41) is 2.83. The maximum Gasteiger partial charge on any atom is 0.248 e. The van der Waals surface area contributed by atoms with Crippen molar-refractivity contribution in [2.75, 3.05) is 5.32 Å². The zero-order valence-electron chi connectivity index (χ0n) is 11.1. The number of carbonyl (C=O) groups is 1. The average molecular weight is 255 g/mol. The highest BCUT2D eigenvalue weighted by Crippen LogP contribution is 2.12. The smallest absolute Gasteiger partial charge is 0.248 e. The van der Waals surface area contributed by atoms with E-state index in [4.69, 9.17) is 4.42 Å². The molecule has 1 N–H and O–H groups in total. The van der Waals surface area contributed by atoms with Gasteiger partial charge in [-0.25, -0.2) is 0 Å². The third kappa shape index (κ3) is 3.85. The van der Waals surface area contributed by atoms with Gasteiger partial charge in [0.15, 0.2) is 0 Å². The Kier molecular flexibility index (Phi) is 4.18. The Hall–Kier alpha value is -2.29. The molecular weight excluding hydrogens is 238 g/mol. The van der Waals surface area contributed by atoms with Crippen molar-refractivity contribution in [3.05, 3.63) is 59.6 Å². The molecule has 3 heteroatoms. The van der Waals surface area contributed by atoms with Crippen molar-refractivity contribution in [3.63, 3.8) is 0 Å². The molecule has 0 unspecified atom stereocenters. The van der Waals surface area contributed by atoms with E-state index in [1.54, 1.807) is 6.08 Å². The number of aryl methyl sites for hydroxylation is 2. The standard InChI is InChI=1S/C16H17NO2/c1-3-13-5-4-6-14(11-13)17-16(18)10-9-15-8-7-12(2)19-15/h4-11H,3H2,1-2H3,(H,17,18)/b10-9+. The van der Waals surface area contributed by atoms with Gasteiger partial charge >= 0.3 is 0 Å². The molecule has 0 saturated heterocycles. The Bertz CT molecular complexity index is 596. The molecule has 19 heavy (non-hydrogen) atoms. The normalized spacial score (nSPS) is 10.8. The van der Waals surface area contributed by atoms with Crippen molar-refractivity contribution in [2.45, 2.75) is 20.3 Å². The maximum atomic E-state index is 11.8. The lowest BCUT2D eigenvalue weighted by Gasteiger charge is -2.03. The van der Waals surface area contributed by atoms with Gasteiger partial charge in [-0.15, -0.1) is 0 Å². The topological polar surface area (TPSA) is 42.2 Å². The third-order valence-corrected chi connectivity index (χ3v) is 2.76. The van der Waals surface area contributed by atoms with E-state index in [9.17, 15) is 4.79 Å². The molecule has 98 valence electrons. The molecule has 0 bridgehead atoms. The van der Waals surface area contributed by atoms with Crippen molar-refractivity contribution in [1.29, 1.82) is 0 Å². The minimum Gasteiger partial charge on any atom is -0.462 e. The number of hydrogen-bond donors (Lipinski definition) is 1. The van der Waals surface area contributed by atoms with Crippen LogP contribution >= 0.6 is 0 Å². The minimum atomic E-state index is -0.165. The second-order valence-electron chi connectivity index (χ2n) is 4.32. The Morgan fingerprint density at radius 3 is 2.84 bits per heavy atom. The molecule has 0 atom stereocenters. The van der Waals surface area contributed by atoms with E-state index in [2.05, 4.69) is 12.2 Å². The van der Waals surface area contributed by atoms with E-state index in [0.717, 1.165) is 17.9 Å². The highest BCUT2D eigenvalue weighted by atomic mass is 16.3. The lowest BCUT2D eigenvalue weighted by Crippen LogP contribution is -2.07. The molecule has 0 spiro atoms. The van der Waals surface area contributed by atoms with Crippen LogP contribution in [0.4, 0.5) is 5.69 Å². The third-order valence-electron chi connectivity index (χ3n) is 2.76. The fourth-order valence-corrected chi connectivity index (χ4v) is 1.75. The highest BCUT2D eigenvalue weighted by Gasteiger charge is 1.99. The van der Waals surface area contributed by atoms with Crippen LogP contribution in [-0.4, -0.2) is 5.91 Å². The predicted molar refractivity (Wildman–Crippen MR) is 76.9 cm³/mol. The van der Waals surface area contributed by atoms with Crippen molar-refractivity contribution < 1.29 is 9.21 Å². The molecule has 1 aromatic heterocycles. The molecule has 0 saturated carbocycles. The van der Waals surface area contributed by atoms with Gasteiger partial charge in [0.1, 0.15) is 11.5 Å². The summed E-state index contributed by atoms with van der Waals surface area (Å²) in [7, 11) is 0. The summed E-state index contributed by atoms with van der Waals surface area (Å²) in [5.41, 5.74) is 2.01. The van der Waals surface area contributed by atoms with E-state index in [-0.39, 0.29) is 5.91 Å². The fraction of sp³-hybridized carbons (Fsp3) is 0.188. The van der Waals surface area contributed by atoms with Crippen LogP contribution in [0.5, 0.6) is 0 Å². The summed E-state index contributed by atoms with van der Waals surface area (Å²) in [6.45, 7) is 3.95. The zero-order valence-corrected chi connectivity index (χ0v) is 11.1. The molecule has 1 heterocycles. The van der Waals surface area contributed by atoms with Crippen LogP contribution in [0.15, 0.2) is 46.9 Å². The molecule has 2 rings (SSSR count). The molecule has 3 nitrogen and oxygen atoms in total. The number of anilines is 1. The monoisotopic (exact) mass is 255 g/mol. The van der Waals surface area contributed by atoms with Gasteiger partial charge in [-0.1, -0.05) is 19.1 Å². The van der Waals surface area contributed by atoms with Gasteiger partial charge in [0.2, 0.25) is 5.91 Å². The van der Waals surface area contributed by atoms with Crippen LogP contribution in [0.2, 0.25) is 0 Å². The molecule has 0 aliphatic carbocycles. The van der Waals surface area contributed by atoms with E-state index in [1.807, 2.05) is 43.3 Å². The number of amides is 1. The summed E-state index contributed by atoms with van der Waals surface area (Å²) in [6.07, 6.45) is 4.08. The number of rotatable bonds is 4. The summed E-state index contributed by atoms with van der Waals surface area (Å²) in [5.74, 6) is 1.34. The zero-order chi connectivity index (χ0) is 13.7. The molecular formula is C16H17NO2. The van der Waals surface area contributed by atoms with E-state index in [0.29, 0.717) is 5.76 Å². The quantitative estimate of drug-likeness (QED) is 0.844. The fourth-order valence-electron chi connectivity index (χ4n) is 1.75. The Morgan fingerprint density at radius 2 is 2.16 bits per heavy atom. The van der Waals surface area contributed by atoms with Gasteiger partial charge < -0.3 is 9.73 Å². The SMILES string of the molecule is CCc1cccc(NC(=O)/C=C/c2ccc(C)o2)c1. The predicted octanol–water partition coefficient (Wildman–Crippen LogP) is 3.80. The van der Waals surface area contributed by atoms with Gasteiger partial charge in [-0.3, -0.25) is 4.79 Å². The van der Waals surface area contributed by atoms with Crippen LogP contribution in [0.25, 0.3) is 6.08 Å². The highest BCUT2D eigenvalue weighted by molar-refractivity contribution is 6.01.